The van der Waals surface area contributed by atoms with Crippen molar-refractivity contribution in [2.24, 2.45) is 0 Å². The molecule has 0 saturated heterocycles. The Bertz CT molecular complexity index is 1400. The molecule has 1 amide bonds. The number of carbonyl (C=O) groups excluding carboxylic acids is 1. The van der Waals surface area contributed by atoms with Crippen LogP contribution in [-0.4, -0.2) is 22.8 Å². The molecule has 4 aromatic rings. The predicted molar refractivity (Wildman–Crippen MR) is 129 cm³/mol. The van der Waals surface area contributed by atoms with Gasteiger partial charge in [-0.05, 0) is 55.5 Å². The number of anilines is 1. The van der Waals surface area contributed by atoms with Crippen molar-refractivity contribution in [3.63, 3.8) is 0 Å². The maximum Gasteiger partial charge on any atom is 0.266 e. The Morgan fingerprint density at radius 3 is 2.50 bits per heavy atom. The molecule has 6 nitrogen and oxygen atoms in total. The number of methoxy groups -OCH3 is 1. The molecule has 0 atom stereocenters. The van der Waals surface area contributed by atoms with Crippen LogP contribution in [0.25, 0.3) is 23.0 Å². The summed E-state index contributed by atoms with van der Waals surface area (Å²) in [7, 11) is 1.39. The van der Waals surface area contributed by atoms with Gasteiger partial charge >= 0.3 is 0 Å². The minimum atomic E-state index is -0.550. The number of nitrogens with zero attached hydrogens (tertiary/aromatic N) is 3. The van der Waals surface area contributed by atoms with Gasteiger partial charge in [0.2, 0.25) is 0 Å². The average molecular weight is 452 g/mol. The fourth-order valence-electron chi connectivity index (χ4n) is 3.38. The van der Waals surface area contributed by atoms with Crippen LogP contribution < -0.4 is 10.1 Å². The Morgan fingerprint density at radius 1 is 1.12 bits per heavy atom. The highest BCUT2D eigenvalue weighted by Gasteiger charge is 2.17. The first kappa shape index (κ1) is 22.5. The number of benzene rings is 3. The first-order valence-corrected chi connectivity index (χ1v) is 10.5. The topological polar surface area (TPSA) is 79.9 Å². The van der Waals surface area contributed by atoms with Crippen molar-refractivity contribution in [1.29, 1.82) is 5.26 Å². The molecule has 1 N–H and O–H groups in total. The van der Waals surface area contributed by atoms with E-state index >= 15 is 0 Å². The minimum Gasteiger partial charge on any atom is -0.494 e. The Hall–Kier alpha value is -4.70. The van der Waals surface area contributed by atoms with Crippen LogP contribution in [-0.2, 0) is 4.79 Å². The van der Waals surface area contributed by atoms with E-state index in [0.29, 0.717) is 22.5 Å². The number of rotatable bonds is 6. The number of aryl methyl sites for hydroxylation is 1. The third-order valence-corrected chi connectivity index (χ3v) is 5.16. The summed E-state index contributed by atoms with van der Waals surface area (Å²) in [6.07, 6.45) is 3.15. The lowest BCUT2D eigenvalue weighted by Crippen LogP contribution is -2.13. The maximum atomic E-state index is 14.4. The van der Waals surface area contributed by atoms with E-state index < -0.39 is 11.7 Å². The van der Waals surface area contributed by atoms with E-state index in [1.165, 1.54) is 25.3 Å². The predicted octanol–water partition coefficient (Wildman–Crippen LogP) is 5.54. The fraction of sp³-hybridized carbons (Fsp3) is 0.0741. The summed E-state index contributed by atoms with van der Waals surface area (Å²) in [5.41, 5.74) is 3.69. The van der Waals surface area contributed by atoms with Crippen LogP contribution in [0.1, 0.15) is 11.1 Å². The van der Waals surface area contributed by atoms with Crippen LogP contribution in [0.5, 0.6) is 5.75 Å². The summed E-state index contributed by atoms with van der Waals surface area (Å²) in [5, 5.41) is 17.0. The van der Waals surface area contributed by atoms with E-state index in [2.05, 4.69) is 10.4 Å². The van der Waals surface area contributed by atoms with E-state index in [0.717, 1.165) is 11.3 Å². The third kappa shape index (κ3) is 4.87. The molecule has 34 heavy (non-hydrogen) atoms. The summed E-state index contributed by atoms with van der Waals surface area (Å²) in [6, 6.07) is 23.1. The highest BCUT2D eigenvalue weighted by atomic mass is 19.1. The maximum absolute atomic E-state index is 14.4. The molecule has 4 rings (SSSR count). The molecule has 3 aromatic carbocycles. The van der Waals surface area contributed by atoms with Crippen LogP contribution >= 0.6 is 0 Å². The van der Waals surface area contributed by atoms with E-state index in [9.17, 15) is 14.4 Å². The van der Waals surface area contributed by atoms with Gasteiger partial charge in [-0.25, -0.2) is 9.07 Å². The zero-order valence-electron chi connectivity index (χ0n) is 18.6. The van der Waals surface area contributed by atoms with Gasteiger partial charge in [0.05, 0.1) is 12.8 Å². The van der Waals surface area contributed by atoms with Crippen LogP contribution in [0.15, 0.2) is 84.6 Å². The normalized spacial score (nSPS) is 11.1. The van der Waals surface area contributed by atoms with Crippen molar-refractivity contribution in [3.05, 3.63) is 102 Å². The van der Waals surface area contributed by atoms with Gasteiger partial charge in [0.25, 0.3) is 5.91 Å². The third-order valence-electron chi connectivity index (χ3n) is 5.16. The largest absolute Gasteiger partial charge is 0.494 e. The van der Waals surface area contributed by atoms with E-state index in [1.807, 2.05) is 55.5 Å². The number of carbonyl (C=O) groups is 1. The summed E-state index contributed by atoms with van der Waals surface area (Å²) in [5.74, 6) is -0.981. The quantitative estimate of drug-likeness (QED) is 0.308. The van der Waals surface area contributed by atoms with Gasteiger partial charge in [-0.15, -0.1) is 0 Å². The molecule has 1 heterocycles. The number of aromatic nitrogens is 2. The van der Waals surface area contributed by atoms with Gasteiger partial charge in [-0.1, -0.05) is 35.9 Å². The molecular formula is C27H21FN4O2. The molecule has 0 unspecified atom stereocenters. The highest BCUT2D eigenvalue weighted by Crippen LogP contribution is 2.29. The molecule has 0 saturated carbocycles. The lowest BCUT2D eigenvalue weighted by atomic mass is 10.1. The molecule has 0 aliphatic carbocycles. The molecule has 7 heteroatoms. The second kappa shape index (κ2) is 9.84. The number of nitriles is 1. The van der Waals surface area contributed by atoms with Crippen molar-refractivity contribution in [3.8, 4) is 28.8 Å². The van der Waals surface area contributed by atoms with Crippen LogP contribution in [0, 0.1) is 24.1 Å². The molecule has 1 aromatic heterocycles. The SMILES string of the molecule is COc1ccc(-c2nn(-c3ccccc3)cc2/C=C(\C#N)C(=O)Nc2ccc(C)cc2)cc1F. The number of nitrogens with one attached hydrogen (secondary N) is 1. The van der Waals surface area contributed by atoms with Gasteiger partial charge < -0.3 is 10.1 Å². The number of hydrogen-bond acceptors (Lipinski definition) is 4. The van der Waals surface area contributed by atoms with E-state index in [-0.39, 0.29) is 11.3 Å². The van der Waals surface area contributed by atoms with Crippen LogP contribution in [0.3, 0.4) is 0 Å². The summed E-state index contributed by atoms with van der Waals surface area (Å²) < 4.78 is 21.1. The summed E-state index contributed by atoms with van der Waals surface area (Å²) in [6.45, 7) is 1.94. The van der Waals surface area contributed by atoms with Crippen molar-refractivity contribution in [1.82, 2.24) is 9.78 Å². The minimum absolute atomic E-state index is 0.108. The highest BCUT2D eigenvalue weighted by molar-refractivity contribution is 6.10. The van der Waals surface area contributed by atoms with Crippen LogP contribution in [0.2, 0.25) is 0 Å². The molecule has 0 bridgehead atoms. The lowest BCUT2D eigenvalue weighted by molar-refractivity contribution is -0.112. The number of hydrogen-bond donors (Lipinski definition) is 1. The molecular weight excluding hydrogens is 431 g/mol. The monoisotopic (exact) mass is 452 g/mol. The first-order chi connectivity index (χ1) is 16.5. The zero-order chi connectivity index (χ0) is 24.1. The first-order valence-electron chi connectivity index (χ1n) is 10.5. The molecule has 0 spiro atoms. The Labute approximate surface area is 196 Å². The summed E-state index contributed by atoms with van der Waals surface area (Å²) in [4.78, 5) is 12.8. The standard InChI is InChI=1S/C27H21FN4O2/c1-18-8-11-22(12-9-18)30-27(33)20(16-29)14-21-17-32(23-6-4-3-5-7-23)31-26(21)19-10-13-25(34-2)24(28)15-19/h3-15,17H,1-2H3,(H,30,33)/b20-14+. The number of para-hydroxylation sites is 1. The molecule has 0 fully saturated rings. The lowest BCUT2D eigenvalue weighted by Gasteiger charge is -2.06. The second-order valence-corrected chi connectivity index (χ2v) is 7.55. The van der Waals surface area contributed by atoms with E-state index in [4.69, 9.17) is 4.74 Å². The van der Waals surface area contributed by atoms with Gasteiger partial charge in [-0.3, -0.25) is 4.79 Å². The number of ether oxygens (including phenoxy) is 1. The number of halogens is 1. The molecule has 0 aliphatic rings. The fourth-order valence-corrected chi connectivity index (χ4v) is 3.38. The molecule has 0 aliphatic heterocycles. The van der Waals surface area contributed by atoms with Crippen molar-refractivity contribution < 1.29 is 13.9 Å². The Kier molecular flexibility index (Phi) is 6.51. The Morgan fingerprint density at radius 2 is 1.85 bits per heavy atom. The summed E-state index contributed by atoms with van der Waals surface area (Å²) >= 11 is 0. The number of amides is 1. The van der Waals surface area contributed by atoms with Gasteiger partial charge in [0.1, 0.15) is 17.3 Å². The van der Waals surface area contributed by atoms with Gasteiger partial charge in [0.15, 0.2) is 11.6 Å². The molecule has 168 valence electrons. The average Bonchev–Trinajstić information content (AvgIpc) is 3.28. The van der Waals surface area contributed by atoms with Crippen molar-refractivity contribution in [2.75, 3.05) is 12.4 Å². The Balaban J connectivity index is 1.77. The molecule has 0 radical (unpaired) electrons. The van der Waals surface area contributed by atoms with Crippen molar-refractivity contribution in [2.45, 2.75) is 6.92 Å². The van der Waals surface area contributed by atoms with Crippen LogP contribution in [0.4, 0.5) is 10.1 Å². The van der Waals surface area contributed by atoms with Gasteiger partial charge in [0, 0.05) is 23.0 Å². The second-order valence-electron chi connectivity index (χ2n) is 7.55. The smallest absolute Gasteiger partial charge is 0.266 e. The van der Waals surface area contributed by atoms with Crippen molar-refractivity contribution >= 4 is 17.7 Å². The zero-order valence-corrected chi connectivity index (χ0v) is 18.6. The van der Waals surface area contributed by atoms with E-state index in [1.54, 1.807) is 29.1 Å². The van der Waals surface area contributed by atoms with Gasteiger partial charge in [-0.2, -0.15) is 10.4 Å².